The first-order valence-corrected chi connectivity index (χ1v) is 6.13. The van der Waals surface area contributed by atoms with Crippen LogP contribution in [-0.4, -0.2) is 53.1 Å². The number of nitrogens with one attached hydrogen (secondary N) is 1. The Labute approximate surface area is 112 Å². The summed E-state index contributed by atoms with van der Waals surface area (Å²) in [7, 11) is 1.34. The molecule has 1 aromatic heterocycles. The largest absolute Gasteiger partial charge is 0.476 e. The molecule has 0 aliphatic heterocycles. The summed E-state index contributed by atoms with van der Waals surface area (Å²) in [6.07, 6.45) is 1.24. The molecule has 0 fully saturated rings. The van der Waals surface area contributed by atoms with Gasteiger partial charge in [0.15, 0.2) is 0 Å². The summed E-state index contributed by atoms with van der Waals surface area (Å²) in [6.45, 7) is 7.37. The predicted octanol–water partition coefficient (Wildman–Crippen LogP) is 1.15. The fraction of sp³-hybridized carbons (Fsp3) is 0.636. The van der Waals surface area contributed by atoms with Crippen LogP contribution in [0.5, 0.6) is 5.88 Å². The van der Waals surface area contributed by atoms with Crippen molar-refractivity contribution in [2.45, 2.75) is 13.8 Å². The second-order valence-corrected chi connectivity index (χ2v) is 3.79. The van der Waals surface area contributed by atoms with Gasteiger partial charge < -0.3 is 15.0 Å². The summed E-state index contributed by atoms with van der Waals surface area (Å²) < 4.78 is 4.87. The molecule has 0 aliphatic rings. The van der Waals surface area contributed by atoms with Crippen LogP contribution >= 0.6 is 0 Å². The molecule has 0 saturated heterocycles. The van der Waals surface area contributed by atoms with Gasteiger partial charge in [-0.25, -0.2) is 4.98 Å². The van der Waals surface area contributed by atoms with Gasteiger partial charge in [-0.1, -0.05) is 13.8 Å². The second kappa shape index (κ2) is 7.47. The van der Waals surface area contributed by atoms with Gasteiger partial charge in [0.25, 0.3) is 5.88 Å². The van der Waals surface area contributed by atoms with Crippen molar-refractivity contribution in [3.8, 4) is 5.88 Å². The molecule has 0 atom stereocenters. The van der Waals surface area contributed by atoms with Crippen molar-refractivity contribution in [2.24, 2.45) is 0 Å². The number of rotatable bonds is 8. The lowest BCUT2D eigenvalue weighted by Crippen LogP contribution is -2.28. The maximum absolute atomic E-state index is 11.0. The molecule has 1 rings (SSSR count). The van der Waals surface area contributed by atoms with E-state index in [1.807, 2.05) is 0 Å². The number of nitrogens with zero attached hydrogens (tertiary/aromatic N) is 4. The number of aromatic nitrogens is 2. The second-order valence-electron chi connectivity index (χ2n) is 3.79. The van der Waals surface area contributed by atoms with Gasteiger partial charge >= 0.3 is 5.69 Å². The van der Waals surface area contributed by atoms with Crippen LogP contribution in [0, 0.1) is 10.1 Å². The number of hydrogen-bond acceptors (Lipinski definition) is 7. The van der Waals surface area contributed by atoms with Crippen LogP contribution in [0.15, 0.2) is 6.33 Å². The molecule has 0 bridgehead atoms. The standard InChI is InChI=1S/C11H19N5O3/c1-4-15(5-2)7-6-12-10-9(16(17)18)11(19-3)14-8-13-10/h8H,4-7H2,1-3H3,(H,12,13,14). The van der Waals surface area contributed by atoms with Gasteiger partial charge in [0.2, 0.25) is 5.82 Å². The molecule has 1 aromatic rings. The lowest BCUT2D eigenvalue weighted by molar-refractivity contribution is -0.385. The summed E-state index contributed by atoms with van der Waals surface area (Å²) >= 11 is 0. The zero-order valence-corrected chi connectivity index (χ0v) is 11.4. The number of methoxy groups -OCH3 is 1. The Morgan fingerprint density at radius 3 is 2.63 bits per heavy atom. The molecular formula is C11H19N5O3. The van der Waals surface area contributed by atoms with Crippen molar-refractivity contribution >= 4 is 11.5 Å². The normalized spacial score (nSPS) is 10.5. The molecule has 19 heavy (non-hydrogen) atoms. The van der Waals surface area contributed by atoms with Crippen molar-refractivity contribution in [1.29, 1.82) is 0 Å². The average molecular weight is 269 g/mol. The van der Waals surface area contributed by atoms with Gasteiger partial charge in [0.05, 0.1) is 12.0 Å². The van der Waals surface area contributed by atoms with Crippen molar-refractivity contribution in [3.05, 3.63) is 16.4 Å². The number of anilines is 1. The minimum atomic E-state index is -0.543. The van der Waals surface area contributed by atoms with Gasteiger partial charge in [-0.3, -0.25) is 10.1 Å². The first kappa shape index (κ1) is 15.1. The van der Waals surface area contributed by atoms with Crippen LogP contribution in [0.2, 0.25) is 0 Å². The Hall–Kier alpha value is -1.96. The zero-order valence-electron chi connectivity index (χ0n) is 11.4. The van der Waals surface area contributed by atoms with E-state index in [-0.39, 0.29) is 17.4 Å². The van der Waals surface area contributed by atoms with E-state index in [2.05, 4.69) is 34.0 Å². The fourth-order valence-corrected chi connectivity index (χ4v) is 1.68. The Bertz CT molecular complexity index is 423. The highest BCUT2D eigenvalue weighted by Gasteiger charge is 2.23. The van der Waals surface area contributed by atoms with Crippen molar-refractivity contribution in [2.75, 3.05) is 38.6 Å². The van der Waals surface area contributed by atoms with Crippen molar-refractivity contribution in [1.82, 2.24) is 14.9 Å². The summed E-state index contributed by atoms with van der Waals surface area (Å²) in [4.78, 5) is 20.3. The highest BCUT2D eigenvalue weighted by Crippen LogP contribution is 2.29. The quantitative estimate of drug-likeness (QED) is 0.558. The Balaban J connectivity index is 2.75. The van der Waals surface area contributed by atoms with Gasteiger partial charge in [0.1, 0.15) is 6.33 Å². The molecule has 0 unspecified atom stereocenters. The van der Waals surface area contributed by atoms with Gasteiger partial charge in [-0.05, 0) is 13.1 Å². The highest BCUT2D eigenvalue weighted by atomic mass is 16.6. The van der Waals surface area contributed by atoms with Crippen molar-refractivity contribution < 1.29 is 9.66 Å². The van der Waals surface area contributed by atoms with E-state index in [0.29, 0.717) is 6.54 Å². The summed E-state index contributed by atoms with van der Waals surface area (Å²) in [6, 6.07) is 0. The molecule has 8 heteroatoms. The van der Waals surface area contributed by atoms with E-state index in [4.69, 9.17) is 4.74 Å². The molecule has 0 spiro atoms. The maximum Gasteiger partial charge on any atom is 0.372 e. The van der Waals surface area contributed by atoms with Crippen LogP contribution in [0.3, 0.4) is 0 Å². The molecular weight excluding hydrogens is 250 g/mol. The SMILES string of the molecule is CCN(CC)CCNc1ncnc(OC)c1[N+](=O)[O-]. The van der Waals surface area contributed by atoms with Gasteiger partial charge in [0, 0.05) is 13.1 Å². The van der Waals surface area contributed by atoms with Crippen molar-refractivity contribution in [3.63, 3.8) is 0 Å². The fourth-order valence-electron chi connectivity index (χ4n) is 1.68. The average Bonchev–Trinajstić information content (AvgIpc) is 2.42. The number of ether oxygens (including phenoxy) is 1. The molecule has 0 aliphatic carbocycles. The Kier molecular flexibility index (Phi) is 5.94. The third kappa shape index (κ3) is 4.02. The lowest BCUT2D eigenvalue weighted by atomic mass is 10.4. The molecule has 0 radical (unpaired) electrons. The predicted molar refractivity (Wildman–Crippen MR) is 71.5 cm³/mol. The zero-order chi connectivity index (χ0) is 14.3. The van der Waals surface area contributed by atoms with E-state index in [9.17, 15) is 10.1 Å². The van der Waals surface area contributed by atoms with Crippen LogP contribution in [0.25, 0.3) is 0 Å². The van der Waals surface area contributed by atoms with Crippen LogP contribution in [-0.2, 0) is 0 Å². The molecule has 0 aromatic carbocycles. The number of nitro groups is 1. The molecule has 106 valence electrons. The third-order valence-electron chi connectivity index (χ3n) is 2.78. The third-order valence-corrected chi connectivity index (χ3v) is 2.78. The Morgan fingerprint density at radius 1 is 1.42 bits per heavy atom. The molecule has 8 nitrogen and oxygen atoms in total. The highest BCUT2D eigenvalue weighted by molar-refractivity contribution is 5.60. The molecule has 1 heterocycles. The van der Waals surface area contributed by atoms with Crippen LogP contribution in [0.4, 0.5) is 11.5 Å². The van der Waals surface area contributed by atoms with Gasteiger partial charge in [-0.2, -0.15) is 4.98 Å². The van der Waals surface area contributed by atoms with Crippen LogP contribution < -0.4 is 10.1 Å². The monoisotopic (exact) mass is 269 g/mol. The van der Waals surface area contributed by atoms with E-state index in [1.54, 1.807) is 0 Å². The summed E-state index contributed by atoms with van der Waals surface area (Å²) in [5.41, 5.74) is -0.232. The smallest absolute Gasteiger partial charge is 0.372 e. The van der Waals surface area contributed by atoms with E-state index < -0.39 is 4.92 Å². The maximum atomic E-state index is 11.0. The molecule has 1 N–H and O–H groups in total. The molecule has 0 amide bonds. The van der Waals surface area contributed by atoms with Gasteiger partial charge in [-0.15, -0.1) is 0 Å². The number of hydrogen-bond donors (Lipinski definition) is 1. The number of likely N-dealkylation sites (N-methyl/N-ethyl adjacent to an activating group) is 1. The first-order valence-electron chi connectivity index (χ1n) is 6.13. The summed E-state index contributed by atoms with van der Waals surface area (Å²) in [5, 5.41) is 14.0. The molecule has 0 saturated carbocycles. The minimum Gasteiger partial charge on any atom is -0.476 e. The Morgan fingerprint density at radius 2 is 2.11 bits per heavy atom. The van der Waals surface area contributed by atoms with E-state index >= 15 is 0 Å². The summed E-state index contributed by atoms with van der Waals surface area (Å²) in [5.74, 6) is 0.148. The van der Waals surface area contributed by atoms with Crippen LogP contribution in [0.1, 0.15) is 13.8 Å². The lowest BCUT2D eigenvalue weighted by Gasteiger charge is -2.18. The minimum absolute atomic E-state index is 0.0367. The van der Waals surface area contributed by atoms with E-state index in [1.165, 1.54) is 13.4 Å². The first-order chi connectivity index (χ1) is 9.13. The van der Waals surface area contributed by atoms with E-state index in [0.717, 1.165) is 19.6 Å². The topological polar surface area (TPSA) is 93.4 Å².